The van der Waals surface area contributed by atoms with Crippen LogP contribution in [0.5, 0.6) is 5.75 Å². The van der Waals surface area contributed by atoms with E-state index in [2.05, 4.69) is 5.32 Å². The highest BCUT2D eigenvalue weighted by Crippen LogP contribution is 2.24. The predicted octanol–water partition coefficient (Wildman–Crippen LogP) is 2.83. The molecule has 0 saturated carbocycles. The Hall–Kier alpha value is -1.09. The lowest BCUT2D eigenvalue weighted by atomic mass is 9.96. The molecule has 2 nitrogen and oxygen atoms in total. The van der Waals surface area contributed by atoms with E-state index in [4.69, 9.17) is 4.74 Å². The summed E-state index contributed by atoms with van der Waals surface area (Å²) in [5.41, 5.74) is 1.61. The lowest BCUT2D eigenvalue weighted by molar-refractivity contribution is 0.390. The van der Waals surface area contributed by atoms with Gasteiger partial charge in [-0.3, -0.25) is 0 Å². The average Bonchev–Trinajstić information content (AvgIpc) is 2.34. The highest BCUT2D eigenvalue weighted by molar-refractivity contribution is 5.38. The first-order valence-electron chi connectivity index (χ1n) is 6.27. The van der Waals surface area contributed by atoms with Crippen LogP contribution in [0.3, 0.4) is 0 Å². The number of methoxy groups -OCH3 is 1. The van der Waals surface area contributed by atoms with Crippen molar-refractivity contribution in [3.8, 4) is 5.75 Å². The Morgan fingerprint density at radius 2 is 2.24 bits per heavy atom. The number of rotatable bonds is 3. The van der Waals surface area contributed by atoms with Crippen molar-refractivity contribution in [1.29, 1.82) is 0 Å². The van der Waals surface area contributed by atoms with E-state index in [0.717, 1.165) is 36.3 Å². The third-order valence-corrected chi connectivity index (χ3v) is 3.44. The normalized spacial score (nSPS) is 20.3. The minimum absolute atomic E-state index is 0.115. The molecule has 17 heavy (non-hydrogen) atoms. The van der Waals surface area contributed by atoms with Crippen LogP contribution in [-0.2, 0) is 6.42 Å². The van der Waals surface area contributed by atoms with Gasteiger partial charge in [0.15, 0.2) is 0 Å². The van der Waals surface area contributed by atoms with E-state index >= 15 is 0 Å². The number of halogens is 1. The molecule has 1 aliphatic heterocycles. The molecule has 1 N–H and O–H groups in total. The van der Waals surface area contributed by atoms with Gasteiger partial charge in [0.05, 0.1) is 7.11 Å². The summed E-state index contributed by atoms with van der Waals surface area (Å²) in [7, 11) is 1.63. The first kappa shape index (κ1) is 12.4. The molecule has 0 aromatic heterocycles. The summed E-state index contributed by atoms with van der Waals surface area (Å²) in [5, 5.41) is 3.44. The molecule has 0 amide bonds. The molecule has 1 aromatic rings. The topological polar surface area (TPSA) is 21.3 Å². The summed E-state index contributed by atoms with van der Waals surface area (Å²) < 4.78 is 19.1. The summed E-state index contributed by atoms with van der Waals surface area (Å²) >= 11 is 0. The molecule has 0 spiro atoms. The van der Waals surface area contributed by atoms with Crippen LogP contribution in [0, 0.1) is 12.7 Å². The van der Waals surface area contributed by atoms with Crippen LogP contribution in [-0.4, -0.2) is 19.7 Å². The van der Waals surface area contributed by atoms with Gasteiger partial charge in [-0.05, 0) is 56.0 Å². The van der Waals surface area contributed by atoms with Crippen molar-refractivity contribution in [1.82, 2.24) is 5.32 Å². The van der Waals surface area contributed by atoms with Crippen LogP contribution in [0.2, 0.25) is 0 Å². The highest BCUT2D eigenvalue weighted by atomic mass is 19.1. The van der Waals surface area contributed by atoms with E-state index in [0.29, 0.717) is 6.04 Å². The largest absolute Gasteiger partial charge is 0.496 e. The van der Waals surface area contributed by atoms with E-state index < -0.39 is 0 Å². The summed E-state index contributed by atoms with van der Waals surface area (Å²) in [4.78, 5) is 0. The molecule has 1 heterocycles. The minimum Gasteiger partial charge on any atom is -0.496 e. The lowest BCUT2D eigenvalue weighted by Crippen LogP contribution is -2.35. The first-order chi connectivity index (χ1) is 8.20. The molecule has 94 valence electrons. The molecule has 0 aliphatic carbocycles. The van der Waals surface area contributed by atoms with E-state index in [1.165, 1.54) is 12.8 Å². The van der Waals surface area contributed by atoms with Crippen molar-refractivity contribution in [2.75, 3.05) is 13.7 Å². The maximum Gasteiger partial charge on any atom is 0.126 e. The molecule has 1 fully saturated rings. The van der Waals surface area contributed by atoms with Gasteiger partial charge in [-0.1, -0.05) is 6.42 Å². The monoisotopic (exact) mass is 237 g/mol. The second kappa shape index (κ2) is 5.50. The molecule has 0 bridgehead atoms. The predicted molar refractivity (Wildman–Crippen MR) is 67.0 cm³/mol. The Kier molecular flexibility index (Phi) is 4.00. The van der Waals surface area contributed by atoms with Crippen LogP contribution in [0.25, 0.3) is 0 Å². The maximum absolute atomic E-state index is 13.8. The number of benzene rings is 1. The number of hydrogen-bond donors (Lipinski definition) is 1. The van der Waals surface area contributed by atoms with Gasteiger partial charge in [0, 0.05) is 6.04 Å². The molecule has 2 rings (SSSR count). The lowest BCUT2D eigenvalue weighted by Gasteiger charge is -2.24. The Balaban J connectivity index is 2.13. The van der Waals surface area contributed by atoms with Gasteiger partial charge in [-0.2, -0.15) is 0 Å². The van der Waals surface area contributed by atoms with Crippen molar-refractivity contribution < 1.29 is 9.13 Å². The first-order valence-corrected chi connectivity index (χ1v) is 6.27. The van der Waals surface area contributed by atoms with E-state index in [9.17, 15) is 4.39 Å². The molecule has 1 atom stereocenters. The van der Waals surface area contributed by atoms with Crippen molar-refractivity contribution in [2.45, 2.75) is 38.6 Å². The number of nitrogens with one attached hydrogen (secondary N) is 1. The molecular weight excluding hydrogens is 217 g/mol. The Bertz CT molecular complexity index is 386. The Morgan fingerprint density at radius 3 is 2.88 bits per heavy atom. The van der Waals surface area contributed by atoms with Gasteiger partial charge >= 0.3 is 0 Å². The van der Waals surface area contributed by atoms with E-state index in [-0.39, 0.29) is 5.82 Å². The van der Waals surface area contributed by atoms with Gasteiger partial charge in [-0.25, -0.2) is 4.39 Å². The third kappa shape index (κ3) is 2.97. The van der Waals surface area contributed by atoms with Crippen molar-refractivity contribution in [3.63, 3.8) is 0 Å². The van der Waals surface area contributed by atoms with Gasteiger partial charge < -0.3 is 10.1 Å². The fraction of sp³-hybridized carbons (Fsp3) is 0.571. The van der Waals surface area contributed by atoms with Crippen LogP contribution in [0.1, 0.15) is 30.4 Å². The van der Waals surface area contributed by atoms with Crippen molar-refractivity contribution in [3.05, 3.63) is 29.1 Å². The summed E-state index contributed by atoms with van der Waals surface area (Å²) in [6, 6.07) is 3.81. The summed E-state index contributed by atoms with van der Waals surface area (Å²) in [5.74, 6) is 0.660. The number of hydrogen-bond acceptors (Lipinski definition) is 2. The van der Waals surface area contributed by atoms with Crippen LogP contribution < -0.4 is 10.1 Å². The molecular formula is C14H20FNO. The van der Waals surface area contributed by atoms with Crippen LogP contribution in [0.4, 0.5) is 4.39 Å². The molecule has 1 aromatic carbocycles. The zero-order chi connectivity index (χ0) is 12.3. The third-order valence-electron chi connectivity index (χ3n) is 3.44. The average molecular weight is 237 g/mol. The second-order valence-corrected chi connectivity index (χ2v) is 4.76. The van der Waals surface area contributed by atoms with E-state index in [1.807, 2.05) is 13.0 Å². The molecule has 0 radical (unpaired) electrons. The van der Waals surface area contributed by atoms with E-state index in [1.54, 1.807) is 13.2 Å². The SMILES string of the molecule is COc1cc(CC2CCCCN2)c(F)cc1C. The standard InChI is InChI=1S/C14H20FNO/c1-10-7-13(15)11(9-14(10)17-2)8-12-5-3-4-6-16-12/h7,9,12,16H,3-6,8H2,1-2H3. The summed E-state index contributed by atoms with van der Waals surface area (Å²) in [6.07, 6.45) is 4.36. The number of aryl methyl sites for hydroxylation is 1. The number of piperidine rings is 1. The minimum atomic E-state index is -0.115. The molecule has 3 heteroatoms. The highest BCUT2D eigenvalue weighted by Gasteiger charge is 2.16. The zero-order valence-electron chi connectivity index (χ0n) is 10.6. The molecule has 1 unspecified atom stereocenters. The van der Waals surface area contributed by atoms with Crippen molar-refractivity contribution in [2.24, 2.45) is 0 Å². The van der Waals surface area contributed by atoms with Gasteiger partial charge in [0.2, 0.25) is 0 Å². The molecule has 1 saturated heterocycles. The zero-order valence-corrected chi connectivity index (χ0v) is 10.6. The number of ether oxygens (including phenoxy) is 1. The second-order valence-electron chi connectivity index (χ2n) is 4.76. The smallest absolute Gasteiger partial charge is 0.126 e. The van der Waals surface area contributed by atoms with Gasteiger partial charge in [-0.15, -0.1) is 0 Å². The van der Waals surface area contributed by atoms with Crippen molar-refractivity contribution >= 4 is 0 Å². The quantitative estimate of drug-likeness (QED) is 0.872. The van der Waals surface area contributed by atoms with Crippen LogP contribution >= 0.6 is 0 Å². The fourth-order valence-corrected chi connectivity index (χ4v) is 2.43. The fourth-order valence-electron chi connectivity index (χ4n) is 2.43. The molecule has 1 aliphatic rings. The van der Waals surface area contributed by atoms with Gasteiger partial charge in [0.25, 0.3) is 0 Å². The maximum atomic E-state index is 13.8. The Morgan fingerprint density at radius 1 is 1.41 bits per heavy atom. The Labute approximate surface area is 102 Å². The summed E-state index contributed by atoms with van der Waals surface area (Å²) in [6.45, 7) is 2.92. The van der Waals surface area contributed by atoms with Crippen LogP contribution in [0.15, 0.2) is 12.1 Å². The van der Waals surface area contributed by atoms with Gasteiger partial charge in [0.1, 0.15) is 11.6 Å².